The molecule has 30 heavy (non-hydrogen) atoms. The molecule has 0 aliphatic carbocycles. The minimum absolute atomic E-state index is 0.141. The summed E-state index contributed by atoms with van der Waals surface area (Å²) < 4.78 is 38.0. The van der Waals surface area contributed by atoms with Crippen molar-refractivity contribution in [1.82, 2.24) is 14.5 Å². The topological polar surface area (TPSA) is 88.2 Å². The highest BCUT2D eigenvalue weighted by Gasteiger charge is 2.29. The first kappa shape index (κ1) is 21.9. The van der Waals surface area contributed by atoms with E-state index in [0.29, 0.717) is 44.1 Å². The molecule has 1 N–H and O–H groups in total. The standard InChI is InChI=1S/C21H27N3O5S/c1-28-19-10-9-18(15-20(19)29-2)30(26,27)24-12-6-11-23(13-14-24)21(25)22-16-17-7-4-3-5-8-17/h3-5,7-10,15H,6,11-14,16H2,1-2H3,(H,22,25). The van der Waals surface area contributed by atoms with Crippen LogP contribution in [0.3, 0.4) is 0 Å². The van der Waals surface area contributed by atoms with E-state index in [-0.39, 0.29) is 17.5 Å². The zero-order chi connectivity index (χ0) is 21.6. The van der Waals surface area contributed by atoms with Gasteiger partial charge in [-0.25, -0.2) is 13.2 Å². The first-order chi connectivity index (χ1) is 14.5. The molecule has 0 atom stereocenters. The Morgan fingerprint density at radius 3 is 2.40 bits per heavy atom. The van der Waals surface area contributed by atoms with Gasteiger partial charge in [0.1, 0.15) is 0 Å². The number of ether oxygens (including phenoxy) is 2. The zero-order valence-electron chi connectivity index (χ0n) is 17.2. The fourth-order valence-electron chi connectivity index (χ4n) is 3.35. The van der Waals surface area contributed by atoms with Gasteiger partial charge in [-0.15, -0.1) is 0 Å². The van der Waals surface area contributed by atoms with Crippen LogP contribution < -0.4 is 14.8 Å². The highest BCUT2D eigenvalue weighted by atomic mass is 32.2. The van der Waals surface area contributed by atoms with E-state index in [1.54, 1.807) is 11.0 Å². The fraction of sp³-hybridized carbons (Fsp3) is 0.381. The van der Waals surface area contributed by atoms with Crippen molar-refractivity contribution in [2.45, 2.75) is 17.9 Å². The second kappa shape index (κ2) is 9.82. The number of nitrogens with one attached hydrogen (secondary N) is 1. The molecule has 2 aromatic carbocycles. The van der Waals surface area contributed by atoms with E-state index in [9.17, 15) is 13.2 Å². The maximum absolute atomic E-state index is 13.1. The van der Waals surface area contributed by atoms with Crippen LogP contribution in [0.25, 0.3) is 0 Å². The molecule has 162 valence electrons. The lowest BCUT2D eigenvalue weighted by Gasteiger charge is -2.22. The van der Waals surface area contributed by atoms with Gasteiger partial charge >= 0.3 is 6.03 Å². The first-order valence-electron chi connectivity index (χ1n) is 9.74. The van der Waals surface area contributed by atoms with Gasteiger partial charge in [-0.05, 0) is 24.1 Å². The Labute approximate surface area is 177 Å². The third kappa shape index (κ3) is 5.03. The van der Waals surface area contributed by atoms with Gasteiger partial charge in [0, 0.05) is 38.8 Å². The number of rotatable bonds is 6. The Bertz CT molecular complexity index is 966. The molecule has 2 amide bonds. The van der Waals surface area contributed by atoms with E-state index >= 15 is 0 Å². The van der Waals surface area contributed by atoms with E-state index in [4.69, 9.17) is 9.47 Å². The average molecular weight is 434 g/mol. The molecule has 0 radical (unpaired) electrons. The van der Waals surface area contributed by atoms with E-state index < -0.39 is 10.0 Å². The van der Waals surface area contributed by atoms with Crippen LogP contribution in [0.5, 0.6) is 11.5 Å². The van der Waals surface area contributed by atoms with Crippen molar-refractivity contribution < 1.29 is 22.7 Å². The summed E-state index contributed by atoms with van der Waals surface area (Å²) in [6, 6.07) is 14.0. The maximum Gasteiger partial charge on any atom is 0.317 e. The Balaban J connectivity index is 1.64. The molecule has 1 saturated heterocycles. The summed E-state index contributed by atoms with van der Waals surface area (Å²) in [6.07, 6.45) is 0.561. The van der Waals surface area contributed by atoms with Gasteiger partial charge in [0.2, 0.25) is 10.0 Å². The zero-order valence-corrected chi connectivity index (χ0v) is 18.0. The van der Waals surface area contributed by atoms with E-state index in [1.807, 2.05) is 30.3 Å². The van der Waals surface area contributed by atoms with Crippen LogP contribution in [0, 0.1) is 0 Å². The van der Waals surface area contributed by atoms with Gasteiger partial charge in [-0.2, -0.15) is 4.31 Å². The van der Waals surface area contributed by atoms with E-state index in [0.717, 1.165) is 5.56 Å². The van der Waals surface area contributed by atoms with Gasteiger partial charge < -0.3 is 19.7 Å². The SMILES string of the molecule is COc1ccc(S(=O)(=O)N2CCCN(C(=O)NCc3ccccc3)CC2)cc1OC. The maximum atomic E-state index is 13.1. The highest BCUT2D eigenvalue weighted by Crippen LogP contribution is 2.30. The van der Waals surface area contributed by atoms with Crippen LogP contribution in [-0.4, -0.2) is 64.1 Å². The Kier molecular flexibility index (Phi) is 7.17. The quantitative estimate of drug-likeness (QED) is 0.755. The van der Waals surface area contributed by atoms with Gasteiger partial charge in [-0.3, -0.25) is 0 Å². The second-order valence-corrected chi connectivity index (χ2v) is 8.84. The van der Waals surface area contributed by atoms with Crippen molar-refractivity contribution in [3.8, 4) is 11.5 Å². The molecule has 3 rings (SSSR count). The molecule has 8 nitrogen and oxygen atoms in total. The Hall–Kier alpha value is -2.78. The van der Waals surface area contributed by atoms with Gasteiger partial charge in [-0.1, -0.05) is 30.3 Å². The smallest absolute Gasteiger partial charge is 0.317 e. The molecule has 0 unspecified atom stereocenters. The number of amides is 2. The number of benzene rings is 2. The summed E-state index contributed by atoms with van der Waals surface area (Å²) >= 11 is 0. The van der Waals surface area contributed by atoms with Crippen LogP contribution in [-0.2, 0) is 16.6 Å². The summed E-state index contributed by atoms with van der Waals surface area (Å²) in [5.74, 6) is 0.823. The van der Waals surface area contributed by atoms with Crippen LogP contribution in [0.4, 0.5) is 4.79 Å². The number of methoxy groups -OCH3 is 2. The molecule has 0 bridgehead atoms. The summed E-state index contributed by atoms with van der Waals surface area (Å²) in [7, 11) is -0.745. The second-order valence-electron chi connectivity index (χ2n) is 6.91. The molecular weight excluding hydrogens is 406 g/mol. The molecule has 0 aromatic heterocycles. The third-order valence-electron chi connectivity index (χ3n) is 5.02. The van der Waals surface area contributed by atoms with Gasteiger partial charge in [0.15, 0.2) is 11.5 Å². The van der Waals surface area contributed by atoms with Crippen molar-refractivity contribution in [2.24, 2.45) is 0 Å². The molecule has 0 spiro atoms. The number of hydrogen-bond acceptors (Lipinski definition) is 5. The molecule has 9 heteroatoms. The normalized spacial score (nSPS) is 15.3. The summed E-state index contributed by atoms with van der Waals surface area (Å²) in [5, 5.41) is 2.90. The van der Waals surface area contributed by atoms with Crippen molar-refractivity contribution in [3.05, 3.63) is 54.1 Å². The largest absolute Gasteiger partial charge is 0.493 e. The summed E-state index contributed by atoms with van der Waals surface area (Å²) in [6.45, 7) is 1.84. The van der Waals surface area contributed by atoms with Crippen LogP contribution >= 0.6 is 0 Å². The van der Waals surface area contributed by atoms with Crippen molar-refractivity contribution in [2.75, 3.05) is 40.4 Å². The first-order valence-corrected chi connectivity index (χ1v) is 11.2. The molecule has 1 heterocycles. The predicted molar refractivity (Wildman–Crippen MR) is 113 cm³/mol. The number of urea groups is 1. The van der Waals surface area contributed by atoms with Crippen molar-refractivity contribution in [1.29, 1.82) is 0 Å². The lowest BCUT2D eigenvalue weighted by Crippen LogP contribution is -2.42. The molecular formula is C21H27N3O5S. The molecule has 1 aliphatic rings. The summed E-state index contributed by atoms with van der Waals surface area (Å²) in [5.41, 5.74) is 1.01. The van der Waals surface area contributed by atoms with Crippen LogP contribution in [0.15, 0.2) is 53.4 Å². The molecule has 2 aromatic rings. The molecule has 1 aliphatic heterocycles. The van der Waals surface area contributed by atoms with Crippen molar-refractivity contribution >= 4 is 16.1 Å². The predicted octanol–water partition coefficient (Wildman–Crippen LogP) is 2.31. The minimum atomic E-state index is -3.71. The van der Waals surface area contributed by atoms with E-state index in [1.165, 1.54) is 30.7 Å². The number of sulfonamides is 1. The summed E-state index contributed by atoms with van der Waals surface area (Å²) in [4.78, 5) is 14.3. The number of nitrogens with zero attached hydrogens (tertiary/aromatic N) is 2. The van der Waals surface area contributed by atoms with E-state index in [2.05, 4.69) is 5.32 Å². The fourth-order valence-corrected chi connectivity index (χ4v) is 4.83. The number of carbonyl (C=O) groups excluding carboxylic acids is 1. The molecule has 1 fully saturated rings. The lowest BCUT2D eigenvalue weighted by atomic mass is 10.2. The van der Waals surface area contributed by atoms with Crippen LogP contribution in [0.2, 0.25) is 0 Å². The highest BCUT2D eigenvalue weighted by molar-refractivity contribution is 7.89. The number of hydrogen-bond donors (Lipinski definition) is 1. The third-order valence-corrected chi connectivity index (χ3v) is 6.92. The minimum Gasteiger partial charge on any atom is -0.493 e. The van der Waals surface area contributed by atoms with Crippen molar-refractivity contribution in [3.63, 3.8) is 0 Å². The van der Waals surface area contributed by atoms with Gasteiger partial charge in [0.25, 0.3) is 0 Å². The lowest BCUT2D eigenvalue weighted by molar-refractivity contribution is 0.200. The molecule has 0 saturated carbocycles. The monoisotopic (exact) mass is 433 g/mol. The Morgan fingerprint density at radius 2 is 1.70 bits per heavy atom. The average Bonchev–Trinajstić information content (AvgIpc) is 3.04. The van der Waals surface area contributed by atoms with Gasteiger partial charge in [0.05, 0.1) is 19.1 Å². The Morgan fingerprint density at radius 1 is 0.967 bits per heavy atom. The van der Waals surface area contributed by atoms with Crippen LogP contribution in [0.1, 0.15) is 12.0 Å². The number of carbonyl (C=O) groups is 1.